The largest absolute Gasteiger partial charge is 0.360 e. The van der Waals surface area contributed by atoms with Gasteiger partial charge in [-0.15, -0.1) is 0 Å². The molecule has 0 bridgehead atoms. The van der Waals surface area contributed by atoms with Crippen molar-refractivity contribution in [3.8, 4) is 22.4 Å². The van der Waals surface area contributed by atoms with Crippen molar-refractivity contribution in [1.82, 2.24) is 19.9 Å². The smallest absolute Gasteiger partial charge is 0.256 e. The lowest BCUT2D eigenvalue weighted by molar-refractivity contribution is 0.0717. The number of aromatic nitrogens is 3. The van der Waals surface area contributed by atoms with Gasteiger partial charge in [0.15, 0.2) is 0 Å². The van der Waals surface area contributed by atoms with E-state index in [0.29, 0.717) is 18.7 Å². The van der Waals surface area contributed by atoms with Gasteiger partial charge in [-0.05, 0) is 48.2 Å². The second-order valence-corrected chi connectivity index (χ2v) is 8.80. The third-order valence-corrected chi connectivity index (χ3v) is 6.63. The van der Waals surface area contributed by atoms with Crippen molar-refractivity contribution < 1.29 is 4.79 Å². The highest BCUT2D eigenvalue weighted by Gasteiger charge is 2.23. The minimum absolute atomic E-state index is 0.0667. The lowest BCUT2D eigenvalue weighted by Gasteiger charge is -2.30. The van der Waals surface area contributed by atoms with Gasteiger partial charge in [0.25, 0.3) is 5.91 Å². The Balaban J connectivity index is 1.35. The Labute approximate surface area is 191 Å². The first kappa shape index (κ1) is 19.8. The first-order chi connectivity index (χ1) is 16.2. The number of hydrogen-bond acceptors (Lipinski definition) is 3. The summed E-state index contributed by atoms with van der Waals surface area (Å²) in [5.74, 6) is 0.0667. The van der Waals surface area contributed by atoms with E-state index in [-0.39, 0.29) is 11.9 Å². The molecule has 6 heteroatoms. The number of H-pyrrole nitrogens is 2. The highest BCUT2D eigenvalue weighted by atomic mass is 16.2. The van der Waals surface area contributed by atoms with E-state index in [9.17, 15) is 4.79 Å². The molecule has 5 aromatic rings. The van der Waals surface area contributed by atoms with Crippen molar-refractivity contribution in [2.75, 3.05) is 13.1 Å². The molecule has 1 amide bonds. The lowest BCUT2D eigenvalue weighted by Crippen LogP contribution is -2.42. The number of hydrogen-bond donors (Lipinski definition) is 3. The van der Waals surface area contributed by atoms with Crippen LogP contribution in [0.3, 0.4) is 0 Å². The summed E-state index contributed by atoms with van der Waals surface area (Å²) in [4.78, 5) is 26.4. The molecule has 164 valence electrons. The maximum atomic E-state index is 13.2. The van der Waals surface area contributed by atoms with E-state index < -0.39 is 0 Å². The van der Waals surface area contributed by atoms with Crippen LogP contribution in [0.5, 0.6) is 0 Å². The fourth-order valence-corrected chi connectivity index (χ4v) is 4.70. The number of rotatable bonds is 3. The van der Waals surface area contributed by atoms with Crippen molar-refractivity contribution in [1.29, 1.82) is 0 Å². The van der Waals surface area contributed by atoms with Gasteiger partial charge in [-0.3, -0.25) is 4.79 Å². The van der Waals surface area contributed by atoms with Crippen LogP contribution in [-0.2, 0) is 0 Å². The molecule has 33 heavy (non-hydrogen) atoms. The average Bonchev–Trinajstić information content (AvgIpc) is 3.48. The number of nitrogens with zero attached hydrogens (tertiary/aromatic N) is 2. The van der Waals surface area contributed by atoms with Crippen LogP contribution in [0.15, 0.2) is 73.1 Å². The molecule has 1 aliphatic rings. The van der Waals surface area contributed by atoms with E-state index in [4.69, 9.17) is 5.73 Å². The number of nitrogens with one attached hydrogen (secondary N) is 2. The molecule has 1 saturated heterocycles. The third-order valence-electron chi connectivity index (χ3n) is 6.63. The number of pyridine rings is 1. The van der Waals surface area contributed by atoms with Crippen LogP contribution in [0.1, 0.15) is 23.2 Å². The van der Waals surface area contributed by atoms with Gasteiger partial charge in [0.1, 0.15) is 5.65 Å². The van der Waals surface area contributed by atoms with Gasteiger partial charge in [0.05, 0.1) is 5.56 Å². The van der Waals surface area contributed by atoms with Crippen LogP contribution < -0.4 is 5.73 Å². The lowest BCUT2D eigenvalue weighted by atomic mass is 10.0. The highest BCUT2D eigenvalue weighted by Crippen LogP contribution is 2.30. The molecular weight excluding hydrogens is 410 g/mol. The molecule has 0 unspecified atom stereocenters. The molecule has 0 radical (unpaired) electrons. The molecule has 0 aliphatic carbocycles. The molecule has 1 aliphatic heterocycles. The normalized spacial score (nSPS) is 14.9. The molecule has 4 N–H and O–H groups in total. The molecule has 0 spiro atoms. The van der Waals surface area contributed by atoms with Crippen LogP contribution >= 0.6 is 0 Å². The number of likely N-dealkylation sites (tertiary alicyclic amines) is 1. The highest BCUT2D eigenvalue weighted by molar-refractivity contribution is 6.07. The summed E-state index contributed by atoms with van der Waals surface area (Å²) in [6, 6.07) is 20.9. The zero-order valence-electron chi connectivity index (χ0n) is 18.2. The summed E-state index contributed by atoms with van der Waals surface area (Å²) in [5, 5.41) is 1.99. The Morgan fingerprint density at radius 3 is 2.61 bits per heavy atom. The Hall–Kier alpha value is -3.90. The van der Waals surface area contributed by atoms with E-state index in [1.165, 1.54) is 0 Å². The zero-order valence-corrected chi connectivity index (χ0v) is 18.2. The monoisotopic (exact) mass is 435 g/mol. The van der Waals surface area contributed by atoms with Gasteiger partial charge in [-0.1, -0.05) is 36.4 Å². The number of fused-ring (bicyclic) bond motifs is 2. The van der Waals surface area contributed by atoms with Crippen molar-refractivity contribution in [2.45, 2.75) is 18.9 Å². The van der Waals surface area contributed by atoms with E-state index >= 15 is 0 Å². The Morgan fingerprint density at radius 2 is 1.79 bits per heavy atom. The second-order valence-electron chi connectivity index (χ2n) is 8.80. The predicted molar refractivity (Wildman–Crippen MR) is 132 cm³/mol. The summed E-state index contributed by atoms with van der Waals surface area (Å²) in [7, 11) is 0. The molecule has 6 rings (SSSR count). The zero-order chi connectivity index (χ0) is 22.4. The van der Waals surface area contributed by atoms with Crippen molar-refractivity contribution >= 4 is 27.8 Å². The average molecular weight is 436 g/mol. The predicted octanol–water partition coefficient (Wildman–Crippen LogP) is 4.94. The van der Waals surface area contributed by atoms with Gasteiger partial charge >= 0.3 is 0 Å². The maximum Gasteiger partial charge on any atom is 0.256 e. The van der Waals surface area contributed by atoms with E-state index in [1.54, 1.807) is 0 Å². The summed E-state index contributed by atoms with van der Waals surface area (Å²) in [5.41, 5.74) is 12.8. The van der Waals surface area contributed by atoms with Crippen LogP contribution in [0.25, 0.3) is 44.3 Å². The van der Waals surface area contributed by atoms with Gasteiger partial charge in [0, 0.05) is 59.1 Å². The van der Waals surface area contributed by atoms with Gasteiger partial charge < -0.3 is 20.6 Å². The molecular formula is C27H25N5O. The Bertz CT molecular complexity index is 1460. The number of nitrogens with two attached hydrogens (primary N) is 1. The molecule has 0 saturated carbocycles. The van der Waals surface area contributed by atoms with Gasteiger partial charge in [-0.25, -0.2) is 4.98 Å². The summed E-state index contributed by atoms with van der Waals surface area (Å²) < 4.78 is 0. The standard InChI is InChI=1S/C27H25N5O/c28-21-8-10-32(11-9-21)27(33)23-16-29-24-7-6-18(13-22(23)24)20-12-19-14-25(31-26(19)30-15-20)17-4-2-1-3-5-17/h1-7,12-16,21,29H,8-11,28H2,(H,30,31). The SMILES string of the molecule is NC1CCN(C(=O)c2c[nH]c3ccc(-c4cnc5[nH]c(-c6ccccc6)cc5c4)cc23)CC1. The molecule has 3 aromatic heterocycles. The number of aromatic amines is 2. The van der Waals surface area contributed by atoms with Crippen molar-refractivity contribution in [3.05, 3.63) is 78.6 Å². The molecule has 4 heterocycles. The Morgan fingerprint density at radius 1 is 0.970 bits per heavy atom. The number of benzene rings is 2. The van der Waals surface area contributed by atoms with Gasteiger partial charge in [0.2, 0.25) is 0 Å². The molecule has 0 atom stereocenters. The van der Waals surface area contributed by atoms with Crippen molar-refractivity contribution in [3.63, 3.8) is 0 Å². The van der Waals surface area contributed by atoms with Crippen molar-refractivity contribution in [2.24, 2.45) is 5.73 Å². The first-order valence-corrected chi connectivity index (χ1v) is 11.4. The minimum atomic E-state index is 0.0667. The molecule has 6 nitrogen and oxygen atoms in total. The van der Waals surface area contributed by atoms with Crippen LogP contribution in [-0.4, -0.2) is 44.9 Å². The number of amides is 1. The van der Waals surface area contributed by atoms with E-state index in [0.717, 1.165) is 57.2 Å². The molecule has 1 fully saturated rings. The van der Waals surface area contributed by atoms with Gasteiger partial charge in [-0.2, -0.15) is 0 Å². The van der Waals surface area contributed by atoms with Crippen LogP contribution in [0, 0.1) is 0 Å². The Kier molecular flexibility index (Phi) is 4.73. The number of carbonyl (C=O) groups is 1. The van der Waals surface area contributed by atoms with Crippen LogP contribution in [0.2, 0.25) is 0 Å². The fourth-order valence-electron chi connectivity index (χ4n) is 4.70. The van der Waals surface area contributed by atoms with E-state index in [2.05, 4.69) is 51.4 Å². The number of piperidine rings is 1. The van der Waals surface area contributed by atoms with E-state index in [1.807, 2.05) is 41.6 Å². The number of carbonyl (C=O) groups excluding carboxylic acids is 1. The quantitative estimate of drug-likeness (QED) is 0.375. The topological polar surface area (TPSA) is 90.8 Å². The third kappa shape index (κ3) is 3.58. The minimum Gasteiger partial charge on any atom is -0.360 e. The summed E-state index contributed by atoms with van der Waals surface area (Å²) in [6.45, 7) is 1.42. The summed E-state index contributed by atoms with van der Waals surface area (Å²) >= 11 is 0. The van der Waals surface area contributed by atoms with Crippen LogP contribution in [0.4, 0.5) is 0 Å². The fraction of sp³-hybridized carbons (Fsp3) is 0.185. The summed E-state index contributed by atoms with van der Waals surface area (Å²) in [6.07, 6.45) is 5.42. The maximum absolute atomic E-state index is 13.2. The first-order valence-electron chi connectivity index (χ1n) is 11.4. The molecule has 2 aromatic carbocycles. The second kappa shape index (κ2) is 7.90.